The van der Waals surface area contributed by atoms with Crippen LogP contribution in [0.25, 0.3) is 0 Å². The molecule has 1 spiro atoms. The number of hydrogen-bond acceptors (Lipinski definition) is 4. The van der Waals surface area contributed by atoms with Gasteiger partial charge in [0.2, 0.25) is 5.91 Å². The normalized spacial score (nSPS) is 22.7. The molecule has 0 radical (unpaired) electrons. The number of hydrogen-bond donors (Lipinski definition) is 2. The van der Waals surface area contributed by atoms with Gasteiger partial charge in [0.25, 0.3) is 0 Å². The van der Waals surface area contributed by atoms with Crippen LogP contribution in [0.1, 0.15) is 38.2 Å². The minimum atomic E-state index is -0.721. The van der Waals surface area contributed by atoms with Gasteiger partial charge in [-0.15, -0.1) is 0 Å². The highest BCUT2D eigenvalue weighted by Crippen LogP contribution is 2.43. The van der Waals surface area contributed by atoms with Crippen molar-refractivity contribution >= 4 is 11.9 Å². The molecule has 0 bridgehead atoms. The predicted molar refractivity (Wildman–Crippen MR) is 98.0 cm³/mol. The highest BCUT2D eigenvalue weighted by molar-refractivity contribution is 5.79. The molecule has 0 aromatic heterocycles. The van der Waals surface area contributed by atoms with Crippen molar-refractivity contribution in [1.82, 2.24) is 9.80 Å². The van der Waals surface area contributed by atoms with Gasteiger partial charge in [-0.1, -0.05) is 19.1 Å². The molecule has 1 amide bonds. The number of phenols is 1. The third-order valence-electron chi connectivity index (χ3n) is 5.87. The maximum Gasteiger partial charge on any atom is 0.320 e. The summed E-state index contributed by atoms with van der Waals surface area (Å²) in [5.41, 5.74) is 0.932. The van der Waals surface area contributed by atoms with E-state index in [1.165, 1.54) is 0 Å². The first-order valence-corrected chi connectivity index (χ1v) is 9.45. The average Bonchev–Trinajstić information content (AvgIpc) is 2.96. The largest absolute Gasteiger partial charge is 0.508 e. The second kappa shape index (κ2) is 7.66. The number of piperidine rings is 1. The summed E-state index contributed by atoms with van der Waals surface area (Å²) >= 11 is 0. The van der Waals surface area contributed by atoms with E-state index in [1.807, 2.05) is 4.90 Å². The molecule has 2 aliphatic heterocycles. The lowest BCUT2D eigenvalue weighted by atomic mass is 9.76. The number of benzene rings is 1. The zero-order valence-electron chi connectivity index (χ0n) is 15.4. The monoisotopic (exact) mass is 360 g/mol. The third-order valence-corrected chi connectivity index (χ3v) is 5.87. The quantitative estimate of drug-likeness (QED) is 0.841. The molecular formula is C20H28N2O4. The number of amides is 1. The molecule has 6 nitrogen and oxygen atoms in total. The topological polar surface area (TPSA) is 81.1 Å². The summed E-state index contributed by atoms with van der Waals surface area (Å²) in [4.78, 5) is 28.1. The molecule has 0 saturated carbocycles. The van der Waals surface area contributed by atoms with Crippen LogP contribution in [0.2, 0.25) is 0 Å². The Bertz CT molecular complexity index is 650. The molecule has 2 heterocycles. The fourth-order valence-corrected chi connectivity index (χ4v) is 4.40. The summed E-state index contributed by atoms with van der Waals surface area (Å²) in [7, 11) is 0. The lowest BCUT2D eigenvalue weighted by Crippen LogP contribution is -2.44. The van der Waals surface area contributed by atoms with Crippen LogP contribution in [-0.4, -0.2) is 64.1 Å². The van der Waals surface area contributed by atoms with Gasteiger partial charge in [-0.05, 0) is 55.3 Å². The minimum Gasteiger partial charge on any atom is -0.508 e. The van der Waals surface area contributed by atoms with Crippen molar-refractivity contribution in [1.29, 1.82) is 0 Å². The highest BCUT2D eigenvalue weighted by Gasteiger charge is 2.48. The van der Waals surface area contributed by atoms with E-state index >= 15 is 0 Å². The first kappa shape index (κ1) is 18.7. The van der Waals surface area contributed by atoms with Crippen LogP contribution in [0.15, 0.2) is 24.3 Å². The summed E-state index contributed by atoms with van der Waals surface area (Å²) in [5.74, 6) is -0.420. The van der Waals surface area contributed by atoms with E-state index in [0.717, 1.165) is 37.9 Å². The molecule has 1 aromatic carbocycles. The number of likely N-dealkylation sites (tertiary alicyclic amines) is 2. The van der Waals surface area contributed by atoms with Gasteiger partial charge >= 0.3 is 5.97 Å². The van der Waals surface area contributed by atoms with E-state index in [1.54, 1.807) is 24.3 Å². The van der Waals surface area contributed by atoms with E-state index in [4.69, 9.17) is 0 Å². The Kier molecular flexibility index (Phi) is 5.51. The van der Waals surface area contributed by atoms with Gasteiger partial charge in [-0.25, -0.2) is 0 Å². The van der Waals surface area contributed by atoms with Crippen LogP contribution in [-0.2, 0) is 16.0 Å². The first-order chi connectivity index (χ1) is 12.4. The molecule has 142 valence electrons. The van der Waals surface area contributed by atoms with Crippen molar-refractivity contribution in [2.45, 2.75) is 45.1 Å². The average molecular weight is 360 g/mol. The molecule has 2 aliphatic rings. The van der Waals surface area contributed by atoms with Gasteiger partial charge in [0.05, 0.1) is 6.42 Å². The number of carboxylic acid groups (broad SMARTS) is 1. The molecule has 0 unspecified atom stereocenters. The van der Waals surface area contributed by atoms with Crippen LogP contribution in [0.3, 0.4) is 0 Å². The van der Waals surface area contributed by atoms with Crippen molar-refractivity contribution in [3.05, 3.63) is 29.8 Å². The summed E-state index contributed by atoms with van der Waals surface area (Å²) in [6.07, 6.45) is 3.74. The fourth-order valence-electron chi connectivity index (χ4n) is 4.40. The molecular weight excluding hydrogens is 332 g/mol. The van der Waals surface area contributed by atoms with Crippen molar-refractivity contribution in [3.8, 4) is 5.75 Å². The maximum atomic E-state index is 12.6. The van der Waals surface area contributed by atoms with Crippen LogP contribution < -0.4 is 0 Å². The van der Waals surface area contributed by atoms with E-state index in [2.05, 4.69) is 11.8 Å². The molecule has 26 heavy (non-hydrogen) atoms. The zero-order valence-corrected chi connectivity index (χ0v) is 15.4. The van der Waals surface area contributed by atoms with E-state index < -0.39 is 5.97 Å². The molecule has 0 aliphatic carbocycles. The van der Waals surface area contributed by atoms with Gasteiger partial charge in [-0.2, -0.15) is 0 Å². The summed E-state index contributed by atoms with van der Waals surface area (Å²) in [5, 5.41) is 18.9. The second-order valence-corrected chi connectivity index (χ2v) is 7.75. The zero-order chi connectivity index (χ0) is 18.7. The number of carboxylic acids is 1. The molecule has 1 aromatic rings. The van der Waals surface area contributed by atoms with Crippen molar-refractivity contribution in [2.75, 3.05) is 26.2 Å². The lowest BCUT2D eigenvalue weighted by molar-refractivity contribution is -0.142. The van der Waals surface area contributed by atoms with Crippen molar-refractivity contribution in [3.63, 3.8) is 0 Å². The number of nitrogens with zero attached hydrogens (tertiary/aromatic N) is 2. The van der Waals surface area contributed by atoms with Crippen LogP contribution >= 0.6 is 0 Å². The number of aromatic hydroxyl groups is 1. The van der Waals surface area contributed by atoms with Crippen LogP contribution in [0.4, 0.5) is 0 Å². The number of rotatable bonds is 5. The predicted octanol–water partition coefficient (Wildman–Crippen LogP) is 2.11. The Hall–Kier alpha value is -2.08. The molecule has 2 fully saturated rings. The number of carbonyl (C=O) groups is 2. The van der Waals surface area contributed by atoms with Crippen molar-refractivity contribution < 1.29 is 19.8 Å². The summed E-state index contributed by atoms with van der Waals surface area (Å²) in [6, 6.07) is 6.36. The maximum absolute atomic E-state index is 12.6. The molecule has 1 atom stereocenters. The molecule has 6 heteroatoms. The fraction of sp³-hybridized carbons (Fsp3) is 0.600. The molecule has 2 N–H and O–H groups in total. The van der Waals surface area contributed by atoms with E-state index in [9.17, 15) is 19.8 Å². The standard InChI is InChI=1S/C20H28N2O4/c1-2-9-22-14-20(13-17(22)19(25)26)7-10-21(11-8-20)18(24)12-15-3-5-16(23)6-4-15/h3-6,17,23H,2,7-14H2,1H3,(H,25,26)/t17-/m0/s1. The van der Waals surface area contributed by atoms with E-state index in [-0.39, 0.29) is 23.1 Å². The SMILES string of the molecule is CCCN1CC2(CCN(C(=O)Cc3ccc(O)cc3)CC2)C[C@H]1C(=O)O. The number of aliphatic carboxylic acids is 1. The minimum absolute atomic E-state index is 0.0353. The van der Waals surface area contributed by atoms with Crippen molar-refractivity contribution in [2.24, 2.45) is 5.41 Å². The first-order valence-electron chi connectivity index (χ1n) is 9.45. The van der Waals surface area contributed by atoms with Crippen LogP contribution in [0, 0.1) is 5.41 Å². The number of phenolic OH excluding ortho intramolecular Hbond substituents is 1. The van der Waals surface area contributed by atoms with Gasteiger partial charge in [0.15, 0.2) is 0 Å². The third kappa shape index (κ3) is 4.01. The van der Waals surface area contributed by atoms with Gasteiger partial charge in [0, 0.05) is 19.6 Å². The number of carbonyl (C=O) groups excluding carboxylic acids is 1. The summed E-state index contributed by atoms with van der Waals surface area (Å²) in [6.45, 7) is 5.13. The summed E-state index contributed by atoms with van der Waals surface area (Å²) < 4.78 is 0. The molecule has 3 rings (SSSR count). The second-order valence-electron chi connectivity index (χ2n) is 7.75. The van der Waals surface area contributed by atoms with Crippen LogP contribution in [0.5, 0.6) is 5.75 Å². The van der Waals surface area contributed by atoms with Gasteiger partial charge < -0.3 is 15.1 Å². The Morgan fingerprint density at radius 3 is 2.42 bits per heavy atom. The Morgan fingerprint density at radius 1 is 1.19 bits per heavy atom. The van der Waals surface area contributed by atoms with Gasteiger partial charge in [0.1, 0.15) is 11.8 Å². The van der Waals surface area contributed by atoms with E-state index in [0.29, 0.717) is 25.9 Å². The highest BCUT2D eigenvalue weighted by atomic mass is 16.4. The Balaban J connectivity index is 1.57. The Morgan fingerprint density at radius 2 is 1.85 bits per heavy atom. The smallest absolute Gasteiger partial charge is 0.320 e. The Labute approximate surface area is 154 Å². The molecule has 2 saturated heterocycles. The van der Waals surface area contributed by atoms with Gasteiger partial charge in [-0.3, -0.25) is 14.5 Å². The lowest BCUT2D eigenvalue weighted by Gasteiger charge is -2.39.